The Kier molecular flexibility index (Phi) is 5.02. The van der Waals surface area contributed by atoms with Gasteiger partial charge in [0, 0.05) is 31.7 Å². The maximum Gasteiger partial charge on any atom is 0.397 e. The fourth-order valence-electron chi connectivity index (χ4n) is 4.28. The van der Waals surface area contributed by atoms with E-state index in [1.54, 1.807) is 7.11 Å². The average molecular weight is 408 g/mol. The van der Waals surface area contributed by atoms with E-state index in [0.717, 1.165) is 35.9 Å². The molecule has 2 aromatic rings. The lowest BCUT2D eigenvalue weighted by Crippen LogP contribution is -2.56. The summed E-state index contributed by atoms with van der Waals surface area (Å²) in [6.45, 7) is 2.07. The number of rotatable bonds is 3. The summed E-state index contributed by atoms with van der Waals surface area (Å²) in [4.78, 5) is 17.9. The minimum absolute atomic E-state index is 0.284. The number of piperidine rings is 1. The Hall–Kier alpha value is -2.55. The van der Waals surface area contributed by atoms with Crippen LogP contribution >= 0.6 is 0 Å². The highest BCUT2D eigenvalue weighted by Gasteiger charge is 2.44. The molecule has 1 saturated heterocycles. The van der Waals surface area contributed by atoms with Crippen molar-refractivity contribution in [2.75, 3.05) is 26.7 Å². The Morgan fingerprint density at radius 3 is 2.52 bits per heavy atom. The largest absolute Gasteiger partial charge is 0.497 e. The van der Waals surface area contributed by atoms with E-state index in [1.807, 2.05) is 30.5 Å². The van der Waals surface area contributed by atoms with Gasteiger partial charge >= 0.3 is 6.18 Å². The number of methoxy groups -OCH3 is 1. The van der Waals surface area contributed by atoms with Crippen LogP contribution in [0.15, 0.2) is 30.5 Å². The first-order valence-corrected chi connectivity index (χ1v) is 9.61. The third-order valence-electron chi connectivity index (χ3n) is 5.79. The second kappa shape index (κ2) is 7.37. The minimum atomic E-state index is -4.47. The van der Waals surface area contributed by atoms with E-state index in [2.05, 4.69) is 14.9 Å². The van der Waals surface area contributed by atoms with Crippen LogP contribution in [0.4, 0.5) is 13.2 Å². The van der Waals surface area contributed by atoms with Crippen molar-refractivity contribution in [1.82, 2.24) is 19.8 Å². The summed E-state index contributed by atoms with van der Waals surface area (Å²) in [5.41, 5.74) is 1.61. The number of ether oxygens (including phenoxy) is 1. The number of aromatic nitrogens is 2. The summed E-state index contributed by atoms with van der Waals surface area (Å²) in [7, 11) is 1.62. The number of amides is 1. The van der Waals surface area contributed by atoms with Gasteiger partial charge in [-0.05, 0) is 37.1 Å². The van der Waals surface area contributed by atoms with E-state index >= 15 is 0 Å². The van der Waals surface area contributed by atoms with Crippen molar-refractivity contribution < 1.29 is 22.7 Å². The molecule has 0 aliphatic carbocycles. The molecule has 9 heteroatoms. The van der Waals surface area contributed by atoms with E-state index in [1.165, 1.54) is 4.90 Å². The first-order valence-electron chi connectivity index (χ1n) is 9.61. The molecule has 1 amide bonds. The molecule has 1 spiro atoms. The number of likely N-dealkylation sites (tertiary alicyclic amines) is 1. The van der Waals surface area contributed by atoms with Gasteiger partial charge in [-0.25, -0.2) is 4.98 Å². The number of fused-ring (bicyclic) bond motifs is 2. The normalized spacial score (nSPS) is 18.6. The molecule has 0 saturated carbocycles. The van der Waals surface area contributed by atoms with E-state index in [9.17, 15) is 18.0 Å². The van der Waals surface area contributed by atoms with Crippen LogP contribution < -0.4 is 10.1 Å². The number of nitrogens with zero attached hydrogens (tertiary/aromatic N) is 3. The first kappa shape index (κ1) is 19.8. The second-order valence-corrected chi connectivity index (χ2v) is 7.53. The molecular weight excluding hydrogens is 385 g/mol. The quantitative estimate of drug-likeness (QED) is 0.849. The number of nitrogens with one attached hydrogen (secondary N) is 1. The molecule has 2 aliphatic heterocycles. The molecule has 3 heterocycles. The fourth-order valence-corrected chi connectivity index (χ4v) is 4.28. The van der Waals surface area contributed by atoms with Crippen LogP contribution in [0.25, 0.3) is 11.3 Å². The highest BCUT2D eigenvalue weighted by Crippen LogP contribution is 2.37. The van der Waals surface area contributed by atoms with Gasteiger partial charge in [-0.3, -0.25) is 4.79 Å². The molecule has 0 atom stereocenters. The smallest absolute Gasteiger partial charge is 0.397 e. The van der Waals surface area contributed by atoms with Crippen molar-refractivity contribution in [3.05, 3.63) is 36.3 Å². The predicted octanol–water partition coefficient (Wildman–Crippen LogP) is 2.93. The summed E-state index contributed by atoms with van der Waals surface area (Å²) >= 11 is 0. The minimum Gasteiger partial charge on any atom is -0.497 e. The fraction of sp³-hybridized carbons (Fsp3) is 0.500. The Balaban J connectivity index is 1.54. The van der Waals surface area contributed by atoms with E-state index in [-0.39, 0.29) is 13.1 Å². The van der Waals surface area contributed by atoms with Gasteiger partial charge < -0.3 is 19.5 Å². The van der Waals surface area contributed by atoms with Crippen molar-refractivity contribution >= 4 is 5.91 Å². The molecule has 6 nitrogen and oxygen atoms in total. The number of hydrogen-bond acceptors (Lipinski definition) is 4. The van der Waals surface area contributed by atoms with Crippen LogP contribution in [0.2, 0.25) is 0 Å². The lowest BCUT2D eigenvalue weighted by atomic mass is 9.85. The Morgan fingerprint density at radius 2 is 1.90 bits per heavy atom. The van der Waals surface area contributed by atoms with E-state index < -0.39 is 24.0 Å². The second-order valence-electron chi connectivity index (χ2n) is 7.53. The van der Waals surface area contributed by atoms with Crippen LogP contribution in [0.1, 0.15) is 25.1 Å². The zero-order chi connectivity index (χ0) is 20.6. The first-order chi connectivity index (χ1) is 13.8. The third kappa shape index (κ3) is 3.83. The molecule has 29 heavy (non-hydrogen) atoms. The molecule has 1 N–H and O–H groups in total. The monoisotopic (exact) mass is 408 g/mol. The summed E-state index contributed by atoms with van der Waals surface area (Å²) in [5, 5.41) is 3.52. The molecule has 1 aromatic carbocycles. The van der Waals surface area contributed by atoms with Gasteiger partial charge in [0.2, 0.25) is 5.91 Å². The summed E-state index contributed by atoms with van der Waals surface area (Å²) in [6.07, 6.45) is -2.96. The highest BCUT2D eigenvalue weighted by atomic mass is 19.4. The number of carbonyl (C=O) groups is 1. The molecule has 2 aliphatic rings. The molecule has 0 unspecified atom stereocenters. The predicted molar refractivity (Wildman–Crippen MR) is 100 cm³/mol. The van der Waals surface area contributed by atoms with Gasteiger partial charge in [-0.1, -0.05) is 0 Å². The molecular formula is C20H23F3N4O2. The molecule has 4 rings (SSSR count). The van der Waals surface area contributed by atoms with Crippen LogP contribution in [0.5, 0.6) is 5.75 Å². The molecule has 0 radical (unpaired) electrons. The summed E-state index contributed by atoms with van der Waals surface area (Å²) in [5.74, 6) is 0.809. The lowest BCUT2D eigenvalue weighted by Gasteiger charge is -2.44. The van der Waals surface area contributed by atoms with Crippen LogP contribution in [-0.2, 0) is 16.9 Å². The van der Waals surface area contributed by atoms with E-state index in [0.29, 0.717) is 12.8 Å². The number of carbonyl (C=O) groups excluding carboxylic acids is 1. The highest BCUT2D eigenvalue weighted by molar-refractivity contribution is 5.77. The van der Waals surface area contributed by atoms with Gasteiger partial charge in [-0.15, -0.1) is 0 Å². The van der Waals surface area contributed by atoms with Crippen LogP contribution in [0.3, 0.4) is 0 Å². The Bertz CT molecular complexity index is 884. The summed E-state index contributed by atoms with van der Waals surface area (Å²) < 4.78 is 45.0. The van der Waals surface area contributed by atoms with Crippen molar-refractivity contribution in [2.24, 2.45) is 0 Å². The number of imidazole rings is 1. The number of hydrogen-bond donors (Lipinski definition) is 1. The average Bonchev–Trinajstić information content (AvgIpc) is 3.13. The third-order valence-corrected chi connectivity index (χ3v) is 5.79. The number of alkyl halides is 3. The lowest BCUT2D eigenvalue weighted by molar-refractivity contribution is -0.162. The Morgan fingerprint density at radius 1 is 1.21 bits per heavy atom. The van der Waals surface area contributed by atoms with Gasteiger partial charge in [0.25, 0.3) is 0 Å². The van der Waals surface area contributed by atoms with Gasteiger partial charge in [-0.2, -0.15) is 13.2 Å². The van der Waals surface area contributed by atoms with Gasteiger partial charge in [0.05, 0.1) is 24.5 Å². The SMILES string of the molecule is COc1ccc(-c2cnc3n2CCNC32CCN(C(=O)CC(F)(F)F)CC2)cc1. The molecule has 1 aromatic heterocycles. The topological polar surface area (TPSA) is 59.4 Å². The van der Waals surface area contributed by atoms with Gasteiger partial charge in [0.15, 0.2) is 0 Å². The molecule has 156 valence electrons. The maximum absolute atomic E-state index is 12.5. The number of halogens is 3. The molecule has 1 fully saturated rings. The van der Waals surface area contributed by atoms with Gasteiger partial charge in [0.1, 0.15) is 18.0 Å². The van der Waals surface area contributed by atoms with Crippen molar-refractivity contribution in [3.63, 3.8) is 0 Å². The molecule has 0 bridgehead atoms. The van der Waals surface area contributed by atoms with Crippen molar-refractivity contribution in [1.29, 1.82) is 0 Å². The van der Waals surface area contributed by atoms with Crippen LogP contribution in [0, 0.1) is 0 Å². The summed E-state index contributed by atoms with van der Waals surface area (Å²) in [6, 6.07) is 7.76. The van der Waals surface area contributed by atoms with E-state index in [4.69, 9.17) is 4.74 Å². The zero-order valence-electron chi connectivity index (χ0n) is 16.1. The van der Waals surface area contributed by atoms with Crippen LogP contribution in [-0.4, -0.2) is 53.3 Å². The maximum atomic E-state index is 12.5. The van der Waals surface area contributed by atoms with Crippen molar-refractivity contribution in [2.45, 2.75) is 37.5 Å². The number of benzene rings is 1. The zero-order valence-corrected chi connectivity index (χ0v) is 16.1. The standard InChI is InChI=1S/C20H23F3N4O2/c1-29-15-4-2-14(3-5-15)16-13-24-18-19(25-8-11-27(16)18)6-9-26(10-7-19)17(28)12-20(21,22)23/h2-5,13,25H,6-12H2,1H3. The van der Waals surface area contributed by atoms with Crippen molar-refractivity contribution in [3.8, 4) is 17.0 Å². The Labute approximate surface area is 166 Å².